The Hall–Kier alpha value is -2.12. The first-order valence-electron chi connectivity index (χ1n) is 8.29. The van der Waals surface area contributed by atoms with E-state index in [4.69, 9.17) is 15.2 Å². The summed E-state index contributed by atoms with van der Waals surface area (Å²) in [6.45, 7) is 2.56. The Labute approximate surface area is 152 Å². The van der Waals surface area contributed by atoms with Crippen LogP contribution in [0.2, 0.25) is 0 Å². The molecule has 3 N–H and O–H groups in total. The van der Waals surface area contributed by atoms with Crippen LogP contribution in [0.15, 0.2) is 23.6 Å². The molecule has 2 rings (SSSR count). The van der Waals surface area contributed by atoms with Crippen LogP contribution in [0, 0.1) is 0 Å². The van der Waals surface area contributed by atoms with E-state index in [0.717, 1.165) is 34.9 Å². The fourth-order valence-corrected chi connectivity index (χ4v) is 3.31. The topological polar surface area (TPSA) is 86.5 Å². The van der Waals surface area contributed by atoms with E-state index in [-0.39, 0.29) is 11.9 Å². The number of nitrogens with two attached hydrogens (primary N) is 1. The molecule has 7 heteroatoms. The fraction of sp³-hybridized carbons (Fsp3) is 0.444. The van der Waals surface area contributed by atoms with Gasteiger partial charge in [0, 0.05) is 11.9 Å². The van der Waals surface area contributed by atoms with Gasteiger partial charge in [-0.05, 0) is 36.6 Å². The third kappa shape index (κ3) is 5.17. The average molecular weight is 363 g/mol. The Morgan fingerprint density at radius 2 is 2.16 bits per heavy atom. The summed E-state index contributed by atoms with van der Waals surface area (Å²) in [5.41, 5.74) is 7.44. The number of ether oxygens (including phenoxy) is 2. The molecule has 136 valence electrons. The Balaban J connectivity index is 1.92. The number of methoxy groups -OCH3 is 2. The minimum atomic E-state index is -0.187. The van der Waals surface area contributed by atoms with Gasteiger partial charge < -0.3 is 20.5 Å². The first-order chi connectivity index (χ1) is 12.1. The number of nitrogens with one attached hydrogen (secondary N) is 1. The van der Waals surface area contributed by atoms with Crippen molar-refractivity contribution in [3.05, 3.63) is 39.8 Å². The molecule has 0 spiro atoms. The Morgan fingerprint density at radius 3 is 2.84 bits per heavy atom. The quantitative estimate of drug-likeness (QED) is 0.715. The van der Waals surface area contributed by atoms with Gasteiger partial charge >= 0.3 is 0 Å². The molecule has 1 heterocycles. The van der Waals surface area contributed by atoms with Gasteiger partial charge in [-0.2, -0.15) is 0 Å². The lowest BCUT2D eigenvalue weighted by Gasteiger charge is -2.10. The highest BCUT2D eigenvalue weighted by Gasteiger charge is 2.14. The summed E-state index contributed by atoms with van der Waals surface area (Å²) in [7, 11) is 3.25. The number of aromatic nitrogens is 1. The van der Waals surface area contributed by atoms with E-state index in [1.165, 1.54) is 11.3 Å². The predicted octanol–water partition coefficient (Wildman–Crippen LogP) is 2.93. The van der Waals surface area contributed by atoms with Crippen LogP contribution in [0.1, 0.15) is 46.9 Å². The molecule has 1 unspecified atom stereocenters. The summed E-state index contributed by atoms with van der Waals surface area (Å²) in [6.07, 6.45) is 2.49. The monoisotopic (exact) mass is 363 g/mol. The number of benzene rings is 1. The van der Waals surface area contributed by atoms with Gasteiger partial charge in [0.05, 0.1) is 20.3 Å². The molecular formula is C18H25N3O3S. The minimum Gasteiger partial charge on any atom is -0.497 e. The van der Waals surface area contributed by atoms with Gasteiger partial charge in [0.1, 0.15) is 22.2 Å². The van der Waals surface area contributed by atoms with E-state index in [9.17, 15) is 4.79 Å². The number of hydrogen-bond donors (Lipinski definition) is 2. The van der Waals surface area contributed by atoms with Gasteiger partial charge in [0.2, 0.25) is 0 Å². The summed E-state index contributed by atoms with van der Waals surface area (Å²) in [5, 5.41) is 5.45. The van der Waals surface area contributed by atoms with Crippen molar-refractivity contribution >= 4 is 17.2 Å². The number of thiazole rings is 1. The molecule has 1 aromatic carbocycles. The van der Waals surface area contributed by atoms with E-state index >= 15 is 0 Å². The fourth-order valence-electron chi connectivity index (χ4n) is 2.48. The van der Waals surface area contributed by atoms with Gasteiger partial charge in [-0.3, -0.25) is 4.79 Å². The van der Waals surface area contributed by atoms with Gasteiger partial charge in [-0.25, -0.2) is 4.98 Å². The molecule has 0 aliphatic rings. The number of amides is 1. The summed E-state index contributed by atoms with van der Waals surface area (Å²) in [4.78, 5) is 16.6. The van der Waals surface area contributed by atoms with Crippen LogP contribution in [0.4, 0.5) is 0 Å². The third-order valence-corrected chi connectivity index (χ3v) is 4.82. The summed E-state index contributed by atoms with van der Waals surface area (Å²) >= 11 is 1.43. The van der Waals surface area contributed by atoms with Crippen molar-refractivity contribution in [1.82, 2.24) is 10.3 Å². The Kier molecular flexibility index (Phi) is 7.21. The number of rotatable bonds is 9. The molecule has 1 amide bonds. The van der Waals surface area contributed by atoms with E-state index in [1.807, 2.05) is 18.2 Å². The van der Waals surface area contributed by atoms with E-state index < -0.39 is 0 Å². The normalized spacial score (nSPS) is 11.8. The van der Waals surface area contributed by atoms with Gasteiger partial charge in [-0.1, -0.05) is 13.3 Å². The number of hydrogen-bond acceptors (Lipinski definition) is 6. The Morgan fingerprint density at radius 1 is 1.36 bits per heavy atom. The van der Waals surface area contributed by atoms with E-state index in [2.05, 4.69) is 17.2 Å². The van der Waals surface area contributed by atoms with Gasteiger partial charge in [0.15, 0.2) is 0 Å². The maximum absolute atomic E-state index is 12.2. The van der Waals surface area contributed by atoms with Crippen molar-refractivity contribution in [3.8, 4) is 11.5 Å². The number of carbonyl (C=O) groups is 1. The first-order valence-corrected chi connectivity index (χ1v) is 9.17. The van der Waals surface area contributed by atoms with Crippen LogP contribution >= 0.6 is 11.3 Å². The summed E-state index contributed by atoms with van der Waals surface area (Å²) in [6, 6.07) is 5.52. The molecule has 2 aromatic rings. The van der Waals surface area contributed by atoms with Crippen molar-refractivity contribution in [1.29, 1.82) is 0 Å². The van der Waals surface area contributed by atoms with Crippen molar-refractivity contribution in [2.75, 3.05) is 20.8 Å². The molecule has 1 atom stereocenters. The maximum atomic E-state index is 12.2. The summed E-state index contributed by atoms with van der Waals surface area (Å²) in [5.74, 6) is 1.35. The molecule has 6 nitrogen and oxygen atoms in total. The lowest BCUT2D eigenvalue weighted by Crippen LogP contribution is -2.26. The molecule has 0 bridgehead atoms. The zero-order chi connectivity index (χ0) is 18.2. The molecule has 0 saturated carbocycles. The molecular weight excluding hydrogens is 338 g/mol. The van der Waals surface area contributed by atoms with Crippen LogP contribution in [-0.4, -0.2) is 31.7 Å². The largest absolute Gasteiger partial charge is 0.497 e. The smallest absolute Gasteiger partial charge is 0.270 e. The zero-order valence-electron chi connectivity index (χ0n) is 14.9. The van der Waals surface area contributed by atoms with Crippen molar-refractivity contribution < 1.29 is 14.3 Å². The van der Waals surface area contributed by atoms with Crippen LogP contribution in [0.5, 0.6) is 11.5 Å². The average Bonchev–Trinajstić information content (AvgIpc) is 3.12. The minimum absolute atomic E-state index is 0.0994. The third-order valence-electron chi connectivity index (χ3n) is 3.84. The van der Waals surface area contributed by atoms with Crippen molar-refractivity contribution in [2.24, 2.45) is 5.73 Å². The lowest BCUT2D eigenvalue weighted by atomic mass is 10.1. The van der Waals surface area contributed by atoms with Crippen molar-refractivity contribution in [2.45, 2.75) is 32.2 Å². The van der Waals surface area contributed by atoms with Crippen LogP contribution in [0.3, 0.4) is 0 Å². The maximum Gasteiger partial charge on any atom is 0.270 e. The van der Waals surface area contributed by atoms with Gasteiger partial charge in [0.25, 0.3) is 5.91 Å². The molecule has 25 heavy (non-hydrogen) atoms. The molecule has 0 saturated heterocycles. The number of carbonyl (C=O) groups excluding carboxylic acids is 1. The highest BCUT2D eigenvalue weighted by molar-refractivity contribution is 7.09. The highest BCUT2D eigenvalue weighted by Crippen LogP contribution is 2.24. The highest BCUT2D eigenvalue weighted by atomic mass is 32.1. The first kappa shape index (κ1) is 19.2. The van der Waals surface area contributed by atoms with Crippen LogP contribution in [0.25, 0.3) is 0 Å². The van der Waals surface area contributed by atoms with Crippen molar-refractivity contribution in [3.63, 3.8) is 0 Å². The Bertz CT molecular complexity index is 703. The molecule has 0 radical (unpaired) electrons. The predicted molar refractivity (Wildman–Crippen MR) is 99.5 cm³/mol. The standard InChI is InChI=1S/C18H25N3O3S/c1-4-5-14(19)18-21-15(11-25-18)17(22)20-9-8-12-10-13(23-2)6-7-16(12)24-3/h6-7,10-11,14H,4-5,8-9,19H2,1-3H3,(H,20,22). The second-order valence-electron chi connectivity index (χ2n) is 5.65. The SMILES string of the molecule is CCCC(N)c1nc(C(=O)NCCc2cc(OC)ccc2OC)cs1. The lowest BCUT2D eigenvalue weighted by molar-refractivity contribution is 0.0949. The molecule has 0 aliphatic heterocycles. The van der Waals surface area contributed by atoms with Gasteiger partial charge in [-0.15, -0.1) is 11.3 Å². The van der Waals surface area contributed by atoms with Crippen LogP contribution in [-0.2, 0) is 6.42 Å². The molecule has 0 fully saturated rings. The second-order valence-corrected chi connectivity index (χ2v) is 6.54. The molecule has 1 aromatic heterocycles. The zero-order valence-corrected chi connectivity index (χ0v) is 15.7. The second kappa shape index (κ2) is 9.39. The van der Waals surface area contributed by atoms with Crippen LogP contribution < -0.4 is 20.5 Å². The van der Waals surface area contributed by atoms with E-state index in [0.29, 0.717) is 18.7 Å². The molecule has 0 aliphatic carbocycles. The number of nitrogens with zero attached hydrogens (tertiary/aromatic N) is 1. The summed E-state index contributed by atoms with van der Waals surface area (Å²) < 4.78 is 10.6. The van der Waals surface area contributed by atoms with E-state index in [1.54, 1.807) is 19.6 Å².